The van der Waals surface area contributed by atoms with Crippen molar-refractivity contribution in [3.8, 4) is 12.1 Å². The Hall–Kier alpha value is -2.47. The van der Waals surface area contributed by atoms with Crippen LogP contribution in [-0.4, -0.2) is 29.8 Å². The molecule has 4 nitrogen and oxygen atoms in total. The van der Waals surface area contributed by atoms with Crippen LogP contribution in [0.25, 0.3) is 0 Å². The van der Waals surface area contributed by atoms with Gasteiger partial charge in [-0.3, -0.25) is 4.79 Å². The molecular weight excluding hydrogens is 348 g/mol. The smallest absolute Gasteiger partial charge is 0.260 e. The van der Waals surface area contributed by atoms with Crippen LogP contribution in [0, 0.1) is 39.4 Å². The zero-order valence-electron chi connectivity index (χ0n) is 15.0. The van der Waals surface area contributed by atoms with Crippen LogP contribution in [0.15, 0.2) is 24.3 Å². The van der Waals surface area contributed by atoms with Crippen LogP contribution in [0.5, 0.6) is 0 Å². The van der Waals surface area contributed by atoms with Crippen molar-refractivity contribution in [3.63, 3.8) is 0 Å². The zero-order chi connectivity index (χ0) is 19.3. The number of nitrogens with zero attached hydrogens (tertiary/aromatic N) is 3. The van der Waals surface area contributed by atoms with E-state index in [1.54, 1.807) is 29.2 Å². The number of carbonyl (C=O) groups excluding carboxylic acids is 1. The van der Waals surface area contributed by atoms with Crippen LogP contribution in [0.4, 0.5) is 8.78 Å². The first-order valence-corrected chi connectivity index (χ1v) is 9.46. The lowest BCUT2D eigenvalue weighted by atomic mass is 9.72. The number of carbonyl (C=O) groups is 1. The van der Waals surface area contributed by atoms with E-state index in [1.165, 1.54) is 0 Å². The molecule has 2 saturated carbocycles. The quantitative estimate of drug-likeness (QED) is 0.816. The standard InChI is InChI=1S/C21H21F2N3O/c22-21(23)19(6-1-7-19)20(21)8-10-26(11-9-20)18(27)17(14-25)12-15-2-4-16(13-24)5-3-15/h2-5,17H,1,6-12H2. The molecule has 2 spiro atoms. The summed E-state index contributed by atoms with van der Waals surface area (Å²) in [4.78, 5) is 14.3. The van der Waals surface area contributed by atoms with Crippen LogP contribution in [0.3, 0.4) is 0 Å². The average Bonchev–Trinajstić information content (AvgIpc) is 3.09. The normalized spacial score (nSPS) is 24.5. The Morgan fingerprint density at radius 2 is 1.67 bits per heavy atom. The van der Waals surface area contributed by atoms with Gasteiger partial charge in [0.2, 0.25) is 5.91 Å². The second kappa shape index (κ2) is 6.02. The van der Waals surface area contributed by atoms with Gasteiger partial charge in [0.05, 0.1) is 17.7 Å². The highest BCUT2D eigenvalue weighted by Crippen LogP contribution is 2.85. The molecule has 2 aliphatic carbocycles. The first-order chi connectivity index (χ1) is 12.9. The molecule has 1 aliphatic heterocycles. The zero-order valence-corrected chi connectivity index (χ0v) is 15.0. The summed E-state index contributed by atoms with van der Waals surface area (Å²) in [6.45, 7) is 0.615. The molecule has 3 fully saturated rings. The van der Waals surface area contributed by atoms with Gasteiger partial charge in [0.1, 0.15) is 5.92 Å². The number of hydrogen-bond donors (Lipinski definition) is 0. The van der Waals surface area contributed by atoms with Gasteiger partial charge in [-0.1, -0.05) is 18.6 Å². The lowest BCUT2D eigenvalue weighted by molar-refractivity contribution is -0.136. The van der Waals surface area contributed by atoms with Crippen LogP contribution in [0.1, 0.15) is 43.2 Å². The highest BCUT2D eigenvalue weighted by molar-refractivity contribution is 5.81. The molecule has 1 aromatic rings. The van der Waals surface area contributed by atoms with E-state index in [1.807, 2.05) is 6.07 Å². The summed E-state index contributed by atoms with van der Waals surface area (Å²) in [6.07, 6.45) is 3.02. The largest absolute Gasteiger partial charge is 0.342 e. The highest BCUT2D eigenvalue weighted by atomic mass is 19.3. The number of alkyl halides is 2. The van der Waals surface area contributed by atoms with Gasteiger partial charge in [-0.15, -0.1) is 0 Å². The predicted molar refractivity (Wildman–Crippen MR) is 93.4 cm³/mol. The number of benzene rings is 1. The van der Waals surface area contributed by atoms with Crippen molar-refractivity contribution in [3.05, 3.63) is 35.4 Å². The van der Waals surface area contributed by atoms with E-state index in [0.717, 1.165) is 12.0 Å². The second-order valence-electron chi connectivity index (χ2n) is 8.11. The maximum absolute atomic E-state index is 14.5. The Balaban J connectivity index is 1.40. The molecular formula is C21H21F2N3O. The van der Waals surface area contributed by atoms with Crippen molar-refractivity contribution in [1.29, 1.82) is 10.5 Å². The number of rotatable bonds is 3. The molecule has 3 aliphatic rings. The molecule has 0 bridgehead atoms. The average molecular weight is 369 g/mol. The molecule has 1 unspecified atom stereocenters. The van der Waals surface area contributed by atoms with Crippen molar-refractivity contribution in [2.75, 3.05) is 13.1 Å². The van der Waals surface area contributed by atoms with Crippen molar-refractivity contribution in [2.24, 2.45) is 16.7 Å². The summed E-state index contributed by atoms with van der Waals surface area (Å²) in [7, 11) is 0. The van der Waals surface area contributed by atoms with Crippen molar-refractivity contribution in [2.45, 2.75) is 44.4 Å². The molecule has 0 radical (unpaired) electrons. The molecule has 1 aromatic carbocycles. The monoisotopic (exact) mass is 369 g/mol. The van der Waals surface area contributed by atoms with E-state index < -0.39 is 22.7 Å². The number of likely N-dealkylation sites (tertiary alicyclic amines) is 1. The van der Waals surface area contributed by atoms with Gasteiger partial charge in [-0.25, -0.2) is 8.78 Å². The third kappa shape index (κ3) is 2.32. The molecule has 6 heteroatoms. The Bertz CT molecular complexity index is 838. The molecule has 4 rings (SSSR count). The molecule has 0 aromatic heterocycles. The summed E-state index contributed by atoms with van der Waals surface area (Å²) in [5.41, 5.74) is -0.379. The Morgan fingerprint density at radius 1 is 1.07 bits per heavy atom. The maximum Gasteiger partial charge on any atom is 0.260 e. The molecule has 1 heterocycles. The van der Waals surface area contributed by atoms with Gasteiger partial charge in [-0.05, 0) is 49.8 Å². The fourth-order valence-electron chi connectivity index (χ4n) is 5.33. The number of halogens is 2. The van der Waals surface area contributed by atoms with Crippen LogP contribution < -0.4 is 0 Å². The van der Waals surface area contributed by atoms with E-state index in [-0.39, 0.29) is 12.3 Å². The van der Waals surface area contributed by atoms with Gasteiger partial charge >= 0.3 is 0 Å². The van der Waals surface area contributed by atoms with E-state index >= 15 is 0 Å². The lowest BCUT2D eigenvalue weighted by Gasteiger charge is -2.37. The van der Waals surface area contributed by atoms with Crippen molar-refractivity contribution < 1.29 is 13.6 Å². The van der Waals surface area contributed by atoms with Crippen LogP contribution in [-0.2, 0) is 11.2 Å². The van der Waals surface area contributed by atoms with Crippen molar-refractivity contribution in [1.82, 2.24) is 4.90 Å². The fourth-order valence-corrected chi connectivity index (χ4v) is 5.33. The summed E-state index contributed by atoms with van der Waals surface area (Å²) in [5.74, 6) is -3.70. The molecule has 0 N–H and O–H groups in total. The van der Waals surface area contributed by atoms with Gasteiger partial charge < -0.3 is 4.90 Å². The highest BCUT2D eigenvalue weighted by Gasteiger charge is 2.91. The molecule has 27 heavy (non-hydrogen) atoms. The van der Waals surface area contributed by atoms with Gasteiger partial charge in [0.25, 0.3) is 5.92 Å². The van der Waals surface area contributed by atoms with E-state index in [4.69, 9.17) is 5.26 Å². The number of nitriles is 2. The Kier molecular flexibility index (Phi) is 4.00. The lowest BCUT2D eigenvalue weighted by Crippen LogP contribution is -2.44. The minimum atomic E-state index is -2.59. The summed E-state index contributed by atoms with van der Waals surface area (Å²) in [5, 5.41) is 18.3. The first-order valence-electron chi connectivity index (χ1n) is 9.46. The van der Waals surface area contributed by atoms with E-state index in [0.29, 0.717) is 44.3 Å². The third-order valence-corrected chi connectivity index (χ3v) is 7.17. The summed E-state index contributed by atoms with van der Waals surface area (Å²) >= 11 is 0. The number of hydrogen-bond acceptors (Lipinski definition) is 3. The Morgan fingerprint density at radius 3 is 2.11 bits per heavy atom. The summed E-state index contributed by atoms with van der Waals surface area (Å²) < 4.78 is 29.0. The Labute approximate surface area is 157 Å². The number of amides is 1. The summed E-state index contributed by atoms with van der Waals surface area (Å²) in [6, 6.07) is 10.9. The fraction of sp³-hybridized carbons (Fsp3) is 0.571. The topological polar surface area (TPSA) is 67.9 Å². The number of piperidine rings is 1. The SMILES string of the molecule is N#Cc1ccc(CC(C#N)C(=O)N2CCC3(CC2)C(F)(F)C32CCC2)cc1. The van der Waals surface area contributed by atoms with Crippen LogP contribution in [0.2, 0.25) is 0 Å². The van der Waals surface area contributed by atoms with E-state index in [9.17, 15) is 18.8 Å². The molecule has 140 valence electrons. The minimum Gasteiger partial charge on any atom is -0.342 e. The van der Waals surface area contributed by atoms with E-state index in [2.05, 4.69) is 6.07 Å². The maximum atomic E-state index is 14.5. The van der Waals surface area contributed by atoms with Gasteiger partial charge in [0.15, 0.2) is 0 Å². The van der Waals surface area contributed by atoms with Crippen molar-refractivity contribution >= 4 is 5.91 Å². The van der Waals surface area contributed by atoms with Crippen LogP contribution >= 0.6 is 0 Å². The first kappa shape index (κ1) is 17.9. The molecule has 1 atom stereocenters. The second-order valence-corrected chi connectivity index (χ2v) is 8.11. The van der Waals surface area contributed by atoms with Gasteiger partial charge in [0, 0.05) is 23.9 Å². The minimum absolute atomic E-state index is 0.267. The molecule has 1 amide bonds. The molecule has 1 saturated heterocycles. The van der Waals surface area contributed by atoms with Gasteiger partial charge in [-0.2, -0.15) is 10.5 Å². The number of fused-ring (bicyclic) bond motifs is 1. The third-order valence-electron chi connectivity index (χ3n) is 7.17. The predicted octanol–water partition coefficient (Wildman–Crippen LogP) is 3.67.